The molecule has 1 aliphatic heterocycles. The molecule has 0 amide bonds. The van der Waals surface area contributed by atoms with E-state index in [9.17, 15) is 0 Å². The molecule has 2 nitrogen and oxygen atoms in total. The molecule has 1 spiro atoms. The highest BCUT2D eigenvalue weighted by Crippen LogP contribution is 2.46. The van der Waals surface area contributed by atoms with E-state index in [2.05, 4.69) is 24.1 Å². The second-order valence-corrected chi connectivity index (χ2v) is 5.66. The summed E-state index contributed by atoms with van der Waals surface area (Å²) >= 11 is 0. The first-order chi connectivity index (χ1) is 7.26. The Morgan fingerprint density at radius 3 is 2.80 bits per heavy atom. The Morgan fingerprint density at radius 1 is 1.33 bits per heavy atom. The lowest BCUT2D eigenvalue weighted by Crippen LogP contribution is -2.39. The molecule has 1 atom stereocenters. The summed E-state index contributed by atoms with van der Waals surface area (Å²) in [6.45, 7) is 9.79. The summed E-state index contributed by atoms with van der Waals surface area (Å²) < 4.78 is 0. The molecule has 2 fully saturated rings. The van der Waals surface area contributed by atoms with E-state index in [-0.39, 0.29) is 0 Å². The average molecular weight is 210 g/mol. The summed E-state index contributed by atoms with van der Waals surface area (Å²) in [5.41, 5.74) is 0.678. The van der Waals surface area contributed by atoms with E-state index in [4.69, 9.17) is 0 Å². The number of rotatable bonds is 4. The van der Waals surface area contributed by atoms with Crippen molar-refractivity contribution in [3.8, 4) is 0 Å². The summed E-state index contributed by atoms with van der Waals surface area (Å²) in [5, 5.41) is 3.63. The van der Waals surface area contributed by atoms with Crippen molar-refractivity contribution in [2.45, 2.75) is 52.0 Å². The van der Waals surface area contributed by atoms with Crippen molar-refractivity contribution in [1.82, 2.24) is 10.2 Å². The van der Waals surface area contributed by atoms with Crippen LogP contribution in [0.25, 0.3) is 0 Å². The van der Waals surface area contributed by atoms with Crippen molar-refractivity contribution in [2.24, 2.45) is 5.41 Å². The molecule has 1 aliphatic carbocycles. The predicted octanol–water partition coefficient (Wildman–Crippen LogP) is 2.25. The normalized spacial score (nSPS) is 30.4. The predicted molar refractivity (Wildman–Crippen MR) is 65.1 cm³/mol. The monoisotopic (exact) mass is 210 g/mol. The van der Waals surface area contributed by atoms with E-state index in [0.29, 0.717) is 5.41 Å². The largest absolute Gasteiger partial charge is 0.315 e. The van der Waals surface area contributed by atoms with Gasteiger partial charge in [-0.25, -0.2) is 0 Å². The Morgan fingerprint density at radius 2 is 2.13 bits per heavy atom. The van der Waals surface area contributed by atoms with E-state index in [0.717, 1.165) is 6.04 Å². The molecule has 0 radical (unpaired) electrons. The van der Waals surface area contributed by atoms with Gasteiger partial charge in [0.2, 0.25) is 0 Å². The lowest BCUT2D eigenvalue weighted by molar-refractivity contribution is 0.189. The van der Waals surface area contributed by atoms with Gasteiger partial charge in [-0.15, -0.1) is 0 Å². The van der Waals surface area contributed by atoms with Gasteiger partial charge in [0, 0.05) is 25.7 Å². The van der Waals surface area contributed by atoms with Gasteiger partial charge in [0.1, 0.15) is 0 Å². The van der Waals surface area contributed by atoms with Gasteiger partial charge in [0.25, 0.3) is 0 Å². The second kappa shape index (κ2) is 4.84. The first-order valence-corrected chi connectivity index (χ1v) is 6.70. The highest BCUT2D eigenvalue weighted by molar-refractivity contribution is 5.00. The van der Waals surface area contributed by atoms with Gasteiger partial charge in [0.15, 0.2) is 0 Å². The van der Waals surface area contributed by atoms with Crippen LogP contribution in [0.1, 0.15) is 46.0 Å². The molecule has 15 heavy (non-hydrogen) atoms. The fourth-order valence-electron chi connectivity index (χ4n) is 2.69. The summed E-state index contributed by atoms with van der Waals surface area (Å²) in [5.74, 6) is 0. The first-order valence-electron chi connectivity index (χ1n) is 6.70. The molecule has 2 heteroatoms. The minimum Gasteiger partial charge on any atom is -0.315 e. The lowest BCUT2D eigenvalue weighted by Gasteiger charge is -2.28. The molecular formula is C13H26N2. The van der Waals surface area contributed by atoms with Crippen LogP contribution in [0.15, 0.2) is 0 Å². The molecule has 1 saturated carbocycles. The SMILES string of the molecule is CCCCCN1CC2(CC2)CNCC1C. The third-order valence-electron chi connectivity index (χ3n) is 4.11. The Bertz CT molecular complexity index is 199. The van der Waals surface area contributed by atoms with Crippen LogP contribution in [0.3, 0.4) is 0 Å². The van der Waals surface area contributed by atoms with E-state index in [1.54, 1.807) is 0 Å². The van der Waals surface area contributed by atoms with E-state index in [1.165, 1.54) is 58.3 Å². The topological polar surface area (TPSA) is 15.3 Å². The third kappa shape index (κ3) is 2.94. The van der Waals surface area contributed by atoms with Gasteiger partial charge < -0.3 is 5.32 Å². The van der Waals surface area contributed by atoms with Crippen LogP contribution in [0.4, 0.5) is 0 Å². The molecule has 2 aliphatic rings. The molecule has 1 saturated heterocycles. The number of hydrogen-bond donors (Lipinski definition) is 1. The Hall–Kier alpha value is -0.0800. The maximum atomic E-state index is 3.63. The third-order valence-corrected chi connectivity index (χ3v) is 4.11. The first kappa shape index (κ1) is 11.4. The summed E-state index contributed by atoms with van der Waals surface area (Å²) in [6.07, 6.45) is 7.03. The molecule has 0 bridgehead atoms. The van der Waals surface area contributed by atoms with Gasteiger partial charge in [-0.3, -0.25) is 4.90 Å². The average Bonchev–Trinajstić information content (AvgIpc) is 2.98. The highest BCUT2D eigenvalue weighted by Gasteiger charge is 2.45. The molecule has 2 rings (SSSR count). The second-order valence-electron chi connectivity index (χ2n) is 5.66. The number of unbranched alkanes of at least 4 members (excludes halogenated alkanes) is 2. The number of nitrogens with one attached hydrogen (secondary N) is 1. The van der Waals surface area contributed by atoms with Crippen molar-refractivity contribution in [1.29, 1.82) is 0 Å². The van der Waals surface area contributed by atoms with Crippen molar-refractivity contribution in [2.75, 3.05) is 26.2 Å². The number of hydrogen-bond acceptors (Lipinski definition) is 2. The van der Waals surface area contributed by atoms with Gasteiger partial charge >= 0.3 is 0 Å². The molecule has 1 N–H and O–H groups in total. The maximum Gasteiger partial charge on any atom is 0.0192 e. The van der Waals surface area contributed by atoms with Crippen LogP contribution in [-0.2, 0) is 0 Å². The summed E-state index contributed by atoms with van der Waals surface area (Å²) in [7, 11) is 0. The zero-order chi connectivity index (χ0) is 10.7. The van der Waals surface area contributed by atoms with Crippen LogP contribution in [0.5, 0.6) is 0 Å². The molecular weight excluding hydrogens is 184 g/mol. The number of nitrogens with zero attached hydrogens (tertiary/aromatic N) is 1. The van der Waals surface area contributed by atoms with Crippen LogP contribution >= 0.6 is 0 Å². The molecule has 1 unspecified atom stereocenters. The van der Waals surface area contributed by atoms with E-state index in [1.807, 2.05) is 0 Å². The van der Waals surface area contributed by atoms with Crippen molar-refractivity contribution in [3.05, 3.63) is 0 Å². The van der Waals surface area contributed by atoms with Gasteiger partial charge in [-0.1, -0.05) is 19.8 Å². The molecule has 0 aromatic rings. The van der Waals surface area contributed by atoms with E-state index < -0.39 is 0 Å². The minimum atomic E-state index is 0.678. The zero-order valence-electron chi connectivity index (χ0n) is 10.4. The summed E-state index contributed by atoms with van der Waals surface area (Å²) in [6, 6.07) is 0.738. The smallest absolute Gasteiger partial charge is 0.0192 e. The maximum absolute atomic E-state index is 3.63. The Labute approximate surface area is 94.4 Å². The van der Waals surface area contributed by atoms with Crippen LogP contribution in [0, 0.1) is 5.41 Å². The van der Waals surface area contributed by atoms with E-state index >= 15 is 0 Å². The highest BCUT2D eigenvalue weighted by atomic mass is 15.2. The van der Waals surface area contributed by atoms with Crippen LogP contribution in [0.2, 0.25) is 0 Å². The molecule has 1 heterocycles. The fourth-order valence-corrected chi connectivity index (χ4v) is 2.69. The zero-order valence-corrected chi connectivity index (χ0v) is 10.4. The summed E-state index contributed by atoms with van der Waals surface area (Å²) in [4.78, 5) is 2.72. The molecule has 0 aromatic carbocycles. The Kier molecular flexibility index (Phi) is 3.68. The van der Waals surface area contributed by atoms with Gasteiger partial charge in [-0.2, -0.15) is 0 Å². The quantitative estimate of drug-likeness (QED) is 0.716. The van der Waals surface area contributed by atoms with Gasteiger partial charge in [0.05, 0.1) is 0 Å². The van der Waals surface area contributed by atoms with Gasteiger partial charge in [-0.05, 0) is 38.1 Å². The van der Waals surface area contributed by atoms with Crippen LogP contribution < -0.4 is 5.32 Å². The molecule has 0 aromatic heterocycles. The molecule has 88 valence electrons. The Balaban J connectivity index is 1.83. The minimum absolute atomic E-state index is 0.678. The van der Waals surface area contributed by atoms with Crippen molar-refractivity contribution >= 4 is 0 Å². The standard InChI is InChI=1S/C13H26N2/c1-3-4-5-8-15-11-13(6-7-13)10-14-9-12(15)2/h12,14H,3-11H2,1-2H3. The van der Waals surface area contributed by atoms with Crippen molar-refractivity contribution in [3.63, 3.8) is 0 Å². The van der Waals surface area contributed by atoms with Crippen molar-refractivity contribution < 1.29 is 0 Å². The van der Waals surface area contributed by atoms with Crippen LogP contribution in [-0.4, -0.2) is 37.1 Å². The lowest BCUT2D eigenvalue weighted by atomic mass is 10.1. The fraction of sp³-hybridized carbons (Fsp3) is 1.00.